The number of aryl methyl sites for hydroxylation is 1. The van der Waals surface area contributed by atoms with Crippen LogP contribution >= 0.6 is 0 Å². The summed E-state index contributed by atoms with van der Waals surface area (Å²) in [6.45, 7) is 4.25. The fourth-order valence-electron chi connectivity index (χ4n) is 2.34. The zero-order valence-electron chi connectivity index (χ0n) is 10.9. The van der Waals surface area contributed by atoms with Gasteiger partial charge in [0.05, 0.1) is 19.6 Å². The van der Waals surface area contributed by atoms with E-state index in [0.717, 1.165) is 11.1 Å². The summed E-state index contributed by atoms with van der Waals surface area (Å²) >= 11 is 0. The smallest absolute Gasteiger partial charge is 0.305 e. The van der Waals surface area contributed by atoms with Crippen molar-refractivity contribution in [1.29, 1.82) is 0 Å². The first-order valence-corrected chi connectivity index (χ1v) is 6.35. The van der Waals surface area contributed by atoms with E-state index < -0.39 is 5.97 Å². The molecule has 4 nitrogen and oxygen atoms in total. The van der Waals surface area contributed by atoms with Gasteiger partial charge in [-0.25, -0.2) is 4.39 Å². The van der Waals surface area contributed by atoms with Gasteiger partial charge in [0.2, 0.25) is 0 Å². The summed E-state index contributed by atoms with van der Waals surface area (Å²) in [7, 11) is 0. The van der Waals surface area contributed by atoms with Gasteiger partial charge in [0.1, 0.15) is 5.82 Å². The quantitative estimate of drug-likeness (QED) is 0.904. The monoisotopic (exact) mass is 267 g/mol. The van der Waals surface area contributed by atoms with E-state index in [2.05, 4.69) is 4.90 Å². The van der Waals surface area contributed by atoms with Crippen LogP contribution in [0.4, 0.5) is 4.39 Å². The number of carbonyl (C=O) groups is 1. The number of morpholine rings is 1. The SMILES string of the molecule is Cc1cc(F)ccc1CN1CCOCC1CC(=O)O. The van der Waals surface area contributed by atoms with Crippen molar-refractivity contribution >= 4 is 5.97 Å². The molecule has 1 aromatic carbocycles. The van der Waals surface area contributed by atoms with Crippen LogP contribution in [0.1, 0.15) is 17.5 Å². The number of carboxylic acid groups (broad SMARTS) is 1. The molecule has 0 radical (unpaired) electrons. The Balaban J connectivity index is 2.08. The average molecular weight is 267 g/mol. The molecule has 1 fully saturated rings. The second kappa shape index (κ2) is 6.12. The maximum Gasteiger partial charge on any atom is 0.305 e. The van der Waals surface area contributed by atoms with Crippen molar-refractivity contribution in [3.8, 4) is 0 Å². The Bertz CT molecular complexity index is 464. The Kier molecular flexibility index (Phi) is 4.50. The fraction of sp³-hybridized carbons (Fsp3) is 0.500. The van der Waals surface area contributed by atoms with Gasteiger partial charge in [-0.1, -0.05) is 6.07 Å². The van der Waals surface area contributed by atoms with Gasteiger partial charge in [0, 0.05) is 19.1 Å². The minimum atomic E-state index is -0.823. The topological polar surface area (TPSA) is 49.8 Å². The Morgan fingerprint density at radius 3 is 3.05 bits per heavy atom. The minimum absolute atomic E-state index is 0.0697. The summed E-state index contributed by atoms with van der Waals surface area (Å²) in [5.74, 6) is -1.07. The normalized spacial score (nSPS) is 20.4. The summed E-state index contributed by atoms with van der Waals surface area (Å²) in [5.41, 5.74) is 1.92. The van der Waals surface area contributed by atoms with Crippen LogP contribution in [-0.4, -0.2) is 41.8 Å². The van der Waals surface area contributed by atoms with Gasteiger partial charge < -0.3 is 9.84 Å². The molecule has 104 valence electrons. The number of ether oxygens (including phenoxy) is 1. The van der Waals surface area contributed by atoms with Crippen LogP contribution in [0.25, 0.3) is 0 Å². The van der Waals surface area contributed by atoms with Crippen LogP contribution in [0.2, 0.25) is 0 Å². The van der Waals surface area contributed by atoms with Crippen molar-refractivity contribution < 1.29 is 19.0 Å². The van der Waals surface area contributed by atoms with E-state index in [1.54, 1.807) is 6.07 Å². The van der Waals surface area contributed by atoms with E-state index in [-0.39, 0.29) is 18.3 Å². The first-order chi connectivity index (χ1) is 9.06. The molecule has 2 rings (SSSR count). The number of aliphatic carboxylic acids is 1. The molecular formula is C14H18FNO3. The predicted octanol–water partition coefficient (Wildman–Crippen LogP) is 1.81. The van der Waals surface area contributed by atoms with E-state index in [1.807, 2.05) is 6.92 Å². The van der Waals surface area contributed by atoms with Crippen LogP contribution in [-0.2, 0) is 16.1 Å². The molecule has 1 atom stereocenters. The van der Waals surface area contributed by atoms with Crippen molar-refractivity contribution in [3.05, 3.63) is 35.1 Å². The lowest BCUT2D eigenvalue weighted by Crippen LogP contribution is -2.46. The number of halogens is 1. The summed E-state index contributed by atoms with van der Waals surface area (Å²) < 4.78 is 18.4. The van der Waals surface area contributed by atoms with E-state index in [1.165, 1.54) is 12.1 Å². The van der Waals surface area contributed by atoms with E-state index >= 15 is 0 Å². The number of carboxylic acids is 1. The molecule has 19 heavy (non-hydrogen) atoms. The fourth-order valence-corrected chi connectivity index (χ4v) is 2.34. The standard InChI is InChI=1S/C14H18FNO3/c1-10-6-12(15)3-2-11(10)8-16-4-5-19-9-13(16)7-14(17)18/h2-3,6,13H,4-5,7-9H2,1H3,(H,17,18). The summed E-state index contributed by atoms with van der Waals surface area (Å²) in [4.78, 5) is 12.9. The van der Waals surface area contributed by atoms with Crippen molar-refractivity contribution in [2.45, 2.75) is 25.9 Å². The molecule has 1 saturated heterocycles. The van der Waals surface area contributed by atoms with Crippen molar-refractivity contribution in [2.24, 2.45) is 0 Å². The Hall–Kier alpha value is -1.46. The molecule has 1 aromatic rings. The van der Waals surface area contributed by atoms with Crippen LogP contribution in [0.3, 0.4) is 0 Å². The minimum Gasteiger partial charge on any atom is -0.481 e. The average Bonchev–Trinajstić information content (AvgIpc) is 2.34. The highest BCUT2D eigenvalue weighted by Crippen LogP contribution is 2.18. The van der Waals surface area contributed by atoms with Crippen molar-refractivity contribution in [3.63, 3.8) is 0 Å². The van der Waals surface area contributed by atoms with Crippen molar-refractivity contribution in [2.75, 3.05) is 19.8 Å². The van der Waals surface area contributed by atoms with Gasteiger partial charge in [0.25, 0.3) is 0 Å². The molecule has 1 aliphatic heterocycles. The van der Waals surface area contributed by atoms with Crippen molar-refractivity contribution in [1.82, 2.24) is 4.90 Å². The third-order valence-corrected chi connectivity index (χ3v) is 3.44. The largest absolute Gasteiger partial charge is 0.481 e. The maximum absolute atomic E-state index is 13.1. The van der Waals surface area contributed by atoms with Gasteiger partial charge in [0.15, 0.2) is 0 Å². The first-order valence-electron chi connectivity index (χ1n) is 6.35. The number of benzene rings is 1. The van der Waals surface area contributed by atoms with Gasteiger partial charge in [-0.3, -0.25) is 9.69 Å². The maximum atomic E-state index is 13.1. The lowest BCUT2D eigenvalue weighted by Gasteiger charge is -2.35. The molecule has 0 saturated carbocycles. The lowest BCUT2D eigenvalue weighted by atomic mass is 10.1. The predicted molar refractivity (Wildman–Crippen MR) is 68.4 cm³/mol. The molecule has 1 aliphatic rings. The zero-order valence-corrected chi connectivity index (χ0v) is 10.9. The van der Waals surface area contributed by atoms with E-state index in [0.29, 0.717) is 26.3 Å². The molecule has 0 bridgehead atoms. The van der Waals surface area contributed by atoms with Crippen LogP contribution in [0, 0.1) is 12.7 Å². The van der Waals surface area contributed by atoms with E-state index in [4.69, 9.17) is 9.84 Å². The number of hydrogen-bond acceptors (Lipinski definition) is 3. The third kappa shape index (κ3) is 3.75. The summed E-state index contributed by atoms with van der Waals surface area (Å²) in [5, 5.41) is 8.91. The molecule has 1 heterocycles. The van der Waals surface area contributed by atoms with Crippen LogP contribution in [0.5, 0.6) is 0 Å². The molecule has 1 N–H and O–H groups in total. The molecule has 0 aromatic heterocycles. The third-order valence-electron chi connectivity index (χ3n) is 3.44. The molecule has 0 aliphatic carbocycles. The number of rotatable bonds is 4. The van der Waals surface area contributed by atoms with Gasteiger partial charge >= 0.3 is 5.97 Å². The summed E-state index contributed by atoms with van der Waals surface area (Å²) in [6, 6.07) is 4.59. The lowest BCUT2D eigenvalue weighted by molar-refractivity contribution is -0.140. The highest BCUT2D eigenvalue weighted by molar-refractivity contribution is 5.67. The second-order valence-electron chi connectivity index (χ2n) is 4.87. The van der Waals surface area contributed by atoms with Gasteiger partial charge in [-0.2, -0.15) is 0 Å². The highest BCUT2D eigenvalue weighted by atomic mass is 19.1. The van der Waals surface area contributed by atoms with Crippen LogP contribution in [0.15, 0.2) is 18.2 Å². The van der Waals surface area contributed by atoms with Gasteiger partial charge in [-0.15, -0.1) is 0 Å². The number of nitrogens with zero attached hydrogens (tertiary/aromatic N) is 1. The molecule has 0 spiro atoms. The summed E-state index contributed by atoms with van der Waals surface area (Å²) in [6.07, 6.45) is 0.0697. The Morgan fingerprint density at radius 2 is 2.37 bits per heavy atom. The molecule has 0 amide bonds. The Labute approximate surface area is 111 Å². The van der Waals surface area contributed by atoms with E-state index in [9.17, 15) is 9.18 Å². The molecule has 1 unspecified atom stereocenters. The number of hydrogen-bond donors (Lipinski definition) is 1. The first kappa shape index (κ1) is 14.0. The molecular weight excluding hydrogens is 249 g/mol. The molecule has 5 heteroatoms. The Morgan fingerprint density at radius 1 is 1.58 bits per heavy atom. The zero-order chi connectivity index (χ0) is 13.8. The van der Waals surface area contributed by atoms with Crippen LogP contribution < -0.4 is 0 Å². The van der Waals surface area contributed by atoms with Gasteiger partial charge in [-0.05, 0) is 30.2 Å². The highest BCUT2D eigenvalue weighted by Gasteiger charge is 2.25. The second-order valence-corrected chi connectivity index (χ2v) is 4.87.